The van der Waals surface area contributed by atoms with Gasteiger partial charge in [0, 0.05) is 18.8 Å². The van der Waals surface area contributed by atoms with Gasteiger partial charge in [0.25, 0.3) is 0 Å². The van der Waals surface area contributed by atoms with Gasteiger partial charge in [0.2, 0.25) is 17.6 Å². The predicted octanol–water partition coefficient (Wildman–Crippen LogP) is 2.27. The van der Waals surface area contributed by atoms with E-state index in [1.165, 1.54) is 0 Å². The maximum absolute atomic E-state index is 12.7. The zero-order valence-electron chi connectivity index (χ0n) is 14.2. The molecule has 3 rings (SSSR count). The molecule has 0 saturated carbocycles. The van der Waals surface area contributed by atoms with Crippen LogP contribution in [0.3, 0.4) is 0 Å². The minimum Gasteiger partial charge on any atom is -0.431 e. The Morgan fingerprint density at radius 2 is 1.75 bits per heavy atom. The number of anilines is 1. The Morgan fingerprint density at radius 3 is 2.29 bits per heavy atom. The lowest BCUT2D eigenvalue weighted by molar-refractivity contribution is -0.220. The molecule has 0 radical (unpaired) electrons. The lowest BCUT2D eigenvalue weighted by Crippen LogP contribution is -2.42. The number of cyclic esters (lactones) is 1. The summed E-state index contributed by atoms with van der Waals surface area (Å²) in [6, 6.07) is 8.68. The lowest BCUT2D eigenvalue weighted by atomic mass is 9.86. The first-order valence-electron chi connectivity index (χ1n) is 7.96. The molecule has 2 saturated heterocycles. The molecule has 2 aliphatic heterocycles. The summed E-state index contributed by atoms with van der Waals surface area (Å²) in [5, 5.41) is 0. The molecule has 0 bridgehead atoms. The van der Waals surface area contributed by atoms with E-state index < -0.39 is 35.1 Å². The van der Waals surface area contributed by atoms with Crippen molar-refractivity contribution in [1.29, 1.82) is 0 Å². The quantitative estimate of drug-likeness (QED) is 0.614. The van der Waals surface area contributed by atoms with Crippen LogP contribution in [-0.4, -0.2) is 29.7 Å². The van der Waals surface area contributed by atoms with Gasteiger partial charge < -0.3 is 9.47 Å². The number of hydrogen-bond acceptors (Lipinski definition) is 5. The van der Waals surface area contributed by atoms with E-state index in [1.807, 2.05) is 20.8 Å². The van der Waals surface area contributed by atoms with Gasteiger partial charge in [-0.2, -0.15) is 0 Å². The van der Waals surface area contributed by atoms with E-state index in [-0.39, 0.29) is 12.3 Å². The molecule has 1 unspecified atom stereocenters. The van der Waals surface area contributed by atoms with Crippen LogP contribution >= 0.6 is 0 Å². The molecule has 3 atom stereocenters. The first-order chi connectivity index (χ1) is 11.1. The molecule has 2 fully saturated rings. The molecule has 6 heteroatoms. The van der Waals surface area contributed by atoms with Crippen LogP contribution in [0.1, 0.15) is 34.1 Å². The van der Waals surface area contributed by atoms with Crippen LogP contribution in [0.25, 0.3) is 0 Å². The predicted molar refractivity (Wildman–Crippen MR) is 85.9 cm³/mol. The SMILES string of the molecule is CC(C)(C)[C@@]1(C)OC(=O)[C@H](C2CC(=O)N(c3ccccc3)C2=O)O1. The molecule has 1 aromatic rings. The summed E-state index contributed by atoms with van der Waals surface area (Å²) in [4.78, 5) is 38.5. The van der Waals surface area contributed by atoms with E-state index in [4.69, 9.17) is 9.47 Å². The Morgan fingerprint density at radius 1 is 1.12 bits per heavy atom. The Bertz CT molecular complexity index is 693. The summed E-state index contributed by atoms with van der Waals surface area (Å²) in [5.74, 6) is -3.33. The van der Waals surface area contributed by atoms with Crippen LogP contribution in [-0.2, 0) is 23.9 Å². The second kappa shape index (κ2) is 5.41. The maximum Gasteiger partial charge on any atom is 0.338 e. The number of esters is 1. The average molecular weight is 331 g/mol. The Labute approximate surface area is 140 Å². The van der Waals surface area contributed by atoms with Crippen molar-refractivity contribution in [3.05, 3.63) is 30.3 Å². The van der Waals surface area contributed by atoms with Crippen LogP contribution in [0, 0.1) is 11.3 Å². The van der Waals surface area contributed by atoms with Gasteiger partial charge in [-0.15, -0.1) is 0 Å². The van der Waals surface area contributed by atoms with Gasteiger partial charge in [0.15, 0.2) is 6.10 Å². The minimum atomic E-state index is -1.13. The van der Waals surface area contributed by atoms with Crippen molar-refractivity contribution in [3.63, 3.8) is 0 Å². The molecule has 2 amide bonds. The van der Waals surface area contributed by atoms with E-state index >= 15 is 0 Å². The number of para-hydroxylation sites is 1. The number of carbonyl (C=O) groups excluding carboxylic acids is 3. The minimum absolute atomic E-state index is 0.0618. The average Bonchev–Trinajstić information content (AvgIpc) is 2.96. The lowest BCUT2D eigenvalue weighted by Gasteiger charge is -2.35. The number of amides is 2. The van der Waals surface area contributed by atoms with Crippen molar-refractivity contribution in [2.75, 3.05) is 4.90 Å². The summed E-state index contributed by atoms with van der Waals surface area (Å²) in [6.07, 6.45) is -1.12. The van der Waals surface area contributed by atoms with E-state index in [2.05, 4.69) is 0 Å². The first-order valence-corrected chi connectivity index (χ1v) is 7.96. The third kappa shape index (κ3) is 2.51. The number of carbonyl (C=O) groups is 3. The molecule has 2 heterocycles. The van der Waals surface area contributed by atoms with Gasteiger partial charge in [0.1, 0.15) is 0 Å². The molecule has 0 spiro atoms. The van der Waals surface area contributed by atoms with E-state index in [9.17, 15) is 14.4 Å². The fourth-order valence-corrected chi connectivity index (χ4v) is 2.88. The molecule has 128 valence electrons. The molecular weight excluding hydrogens is 310 g/mol. The summed E-state index contributed by atoms with van der Waals surface area (Å²) in [6.45, 7) is 7.35. The molecule has 2 aliphatic rings. The zero-order chi connectivity index (χ0) is 17.7. The van der Waals surface area contributed by atoms with E-state index in [0.29, 0.717) is 5.69 Å². The number of hydrogen-bond donors (Lipinski definition) is 0. The third-order valence-electron chi connectivity index (χ3n) is 4.80. The third-order valence-corrected chi connectivity index (χ3v) is 4.80. The largest absolute Gasteiger partial charge is 0.431 e. The van der Waals surface area contributed by atoms with Gasteiger partial charge in [-0.05, 0) is 12.1 Å². The topological polar surface area (TPSA) is 72.9 Å². The number of imide groups is 1. The molecule has 6 nitrogen and oxygen atoms in total. The highest BCUT2D eigenvalue weighted by atomic mass is 16.8. The summed E-state index contributed by atoms with van der Waals surface area (Å²) < 4.78 is 11.3. The monoisotopic (exact) mass is 331 g/mol. The smallest absolute Gasteiger partial charge is 0.338 e. The van der Waals surface area contributed by atoms with Crippen LogP contribution in [0.4, 0.5) is 5.69 Å². The first kappa shape index (κ1) is 16.6. The van der Waals surface area contributed by atoms with E-state index in [0.717, 1.165) is 4.90 Å². The Balaban J connectivity index is 1.86. The van der Waals surface area contributed by atoms with Crippen molar-refractivity contribution in [2.24, 2.45) is 11.3 Å². The number of nitrogens with zero attached hydrogens (tertiary/aromatic N) is 1. The van der Waals surface area contributed by atoms with Gasteiger partial charge in [0.05, 0.1) is 11.6 Å². The van der Waals surface area contributed by atoms with Crippen molar-refractivity contribution in [2.45, 2.75) is 46.0 Å². The highest BCUT2D eigenvalue weighted by Crippen LogP contribution is 2.43. The van der Waals surface area contributed by atoms with Crippen molar-refractivity contribution in [1.82, 2.24) is 0 Å². The zero-order valence-corrected chi connectivity index (χ0v) is 14.2. The van der Waals surface area contributed by atoms with Crippen LogP contribution < -0.4 is 4.90 Å². The molecule has 0 aliphatic carbocycles. The highest BCUT2D eigenvalue weighted by molar-refractivity contribution is 6.21. The second-order valence-corrected chi connectivity index (χ2v) is 7.37. The molecular formula is C18H21NO5. The van der Waals surface area contributed by atoms with Crippen LogP contribution in [0.2, 0.25) is 0 Å². The summed E-state index contributed by atoms with van der Waals surface area (Å²) in [7, 11) is 0. The standard InChI is InChI=1S/C18H21NO5/c1-17(2,3)18(4)23-14(16(22)24-18)12-10-13(20)19(15(12)21)11-8-6-5-7-9-11/h5-9,12,14H,10H2,1-4H3/t12?,14-,18+/m0/s1. The van der Waals surface area contributed by atoms with Crippen molar-refractivity contribution in [3.8, 4) is 0 Å². The van der Waals surface area contributed by atoms with Crippen LogP contribution in [0.15, 0.2) is 30.3 Å². The molecule has 0 N–H and O–H groups in total. The Hall–Kier alpha value is -2.21. The maximum atomic E-state index is 12.7. The molecule has 1 aromatic carbocycles. The van der Waals surface area contributed by atoms with Crippen LogP contribution in [0.5, 0.6) is 0 Å². The van der Waals surface area contributed by atoms with Gasteiger partial charge in [-0.3, -0.25) is 14.5 Å². The van der Waals surface area contributed by atoms with E-state index in [1.54, 1.807) is 37.3 Å². The Kier molecular flexibility index (Phi) is 3.75. The van der Waals surface area contributed by atoms with Gasteiger partial charge in [-0.25, -0.2) is 4.79 Å². The number of ether oxygens (including phenoxy) is 2. The van der Waals surface area contributed by atoms with Gasteiger partial charge >= 0.3 is 5.97 Å². The van der Waals surface area contributed by atoms with Gasteiger partial charge in [-0.1, -0.05) is 39.0 Å². The summed E-state index contributed by atoms with van der Waals surface area (Å²) in [5.41, 5.74) is 0.0438. The fraction of sp³-hybridized carbons (Fsp3) is 0.500. The van der Waals surface area contributed by atoms with Crippen molar-refractivity contribution >= 4 is 23.5 Å². The number of benzene rings is 1. The second-order valence-electron chi connectivity index (χ2n) is 7.37. The van der Waals surface area contributed by atoms with Crippen molar-refractivity contribution < 1.29 is 23.9 Å². The summed E-state index contributed by atoms with van der Waals surface area (Å²) >= 11 is 0. The normalized spacial score (nSPS) is 30.8. The fourth-order valence-electron chi connectivity index (χ4n) is 2.88. The highest BCUT2D eigenvalue weighted by Gasteiger charge is 2.58. The molecule has 24 heavy (non-hydrogen) atoms. The number of rotatable bonds is 2. The molecule has 0 aromatic heterocycles.